The maximum atomic E-state index is 13.9. The van der Waals surface area contributed by atoms with E-state index >= 15 is 0 Å². The summed E-state index contributed by atoms with van der Waals surface area (Å²) in [6, 6.07) is 6.94. The first kappa shape index (κ1) is 18.0. The lowest BCUT2D eigenvalue weighted by atomic mass is 10.3. The number of anilines is 4. The van der Waals surface area contributed by atoms with E-state index in [0.29, 0.717) is 11.6 Å². The fourth-order valence-corrected chi connectivity index (χ4v) is 3.10. The van der Waals surface area contributed by atoms with Crippen LogP contribution in [0.2, 0.25) is 0 Å². The molecule has 0 unspecified atom stereocenters. The summed E-state index contributed by atoms with van der Waals surface area (Å²) in [5, 5.41) is 2.90. The molecule has 0 bridgehead atoms. The minimum atomic E-state index is -0.672. The number of aromatic nitrogens is 4. The van der Waals surface area contributed by atoms with Gasteiger partial charge in [-0.3, -0.25) is 0 Å². The molecular formula is C19H19F2N7. The summed E-state index contributed by atoms with van der Waals surface area (Å²) >= 11 is 0. The second-order valence-electron chi connectivity index (χ2n) is 6.43. The smallest absolute Gasteiger partial charge is 0.225 e. The van der Waals surface area contributed by atoms with Crippen LogP contribution in [0.25, 0.3) is 0 Å². The van der Waals surface area contributed by atoms with Crippen LogP contribution in [-0.2, 0) is 0 Å². The minimum Gasteiger partial charge on any atom is -0.353 e. The van der Waals surface area contributed by atoms with E-state index in [0.717, 1.165) is 44.0 Å². The molecule has 0 saturated carbocycles. The van der Waals surface area contributed by atoms with Crippen LogP contribution < -0.4 is 15.1 Å². The Labute approximate surface area is 161 Å². The fourth-order valence-electron chi connectivity index (χ4n) is 3.10. The quantitative estimate of drug-likeness (QED) is 0.743. The number of rotatable bonds is 4. The second kappa shape index (κ2) is 7.71. The first-order valence-corrected chi connectivity index (χ1v) is 8.93. The van der Waals surface area contributed by atoms with Crippen molar-refractivity contribution < 1.29 is 8.78 Å². The molecule has 144 valence electrons. The first-order chi connectivity index (χ1) is 13.6. The van der Waals surface area contributed by atoms with Gasteiger partial charge in [0, 0.05) is 50.7 Å². The summed E-state index contributed by atoms with van der Waals surface area (Å²) in [5.41, 5.74) is 0.163. The average molecular weight is 383 g/mol. The van der Waals surface area contributed by atoms with Gasteiger partial charge in [0.05, 0.1) is 5.69 Å². The molecule has 7 nitrogen and oxygen atoms in total. The summed E-state index contributed by atoms with van der Waals surface area (Å²) in [6.07, 6.45) is 3.46. The van der Waals surface area contributed by atoms with Crippen LogP contribution in [0.4, 0.5) is 32.1 Å². The van der Waals surface area contributed by atoms with Gasteiger partial charge in [-0.1, -0.05) is 0 Å². The SMILES string of the molecule is Cc1nc(Nc2ccc(F)cc2F)cc(N2CCN(c3ncccn3)CC2)n1. The standard InChI is InChI=1S/C19H19F2N7/c1-13-24-17(26-16-4-3-14(20)11-15(16)21)12-18(25-13)27-7-9-28(10-8-27)19-22-5-2-6-23-19/h2-6,11-12H,7-10H2,1H3,(H,24,25,26). The Morgan fingerprint density at radius 3 is 2.36 bits per heavy atom. The van der Waals surface area contributed by atoms with E-state index in [9.17, 15) is 8.78 Å². The lowest BCUT2D eigenvalue weighted by Gasteiger charge is -2.35. The third-order valence-electron chi connectivity index (χ3n) is 4.46. The van der Waals surface area contributed by atoms with Crippen LogP contribution in [0.5, 0.6) is 0 Å². The zero-order chi connectivity index (χ0) is 19.5. The first-order valence-electron chi connectivity index (χ1n) is 8.93. The Hall–Kier alpha value is -3.36. The number of nitrogens with zero attached hydrogens (tertiary/aromatic N) is 6. The third kappa shape index (κ3) is 3.98. The number of hydrogen-bond donors (Lipinski definition) is 1. The number of nitrogens with one attached hydrogen (secondary N) is 1. The van der Waals surface area contributed by atoms with Gasteiger partial charge in [-0.25, -0.2) is 28.7 Å². The van der Waals surface area contributed by atoms with Crippen molar-refractivity contribution in [2.45, 2.75) is 6.92 Å². The van der Waals surface area contributed by atoms with E-state index in [2.05, 4.69) is 35.1 Å². The van der Waals surface area contributed by atoms with Crippen molar-refractivity contribution in [1.29, 1.82) is 0 Å². The lowest BCUT2D eigenvalue weighted by Crippen LogP contribution is -2.47. The average Bonchev–Trinajstić information content (AvgIpc) is 2.70. The molecule has 1 aliphatic heterocycles. The van der Waals surface area contributed by atoms with Crippen molar-refractivity contribution in [3.05, 3.63) is 60.2 Å². The minimum absolute atomic E-state index is 0.163. The molecule has 1 aliphatic rings. The molecule has 4 rings (SSSR count). The third-order valence-corrected chi connectivity index (χ3v) is 4.46. The Kier molecular flexibility index (Phi) is 4.96. The van der Waals surface area contributed by atoms with Crippen LogP contribution >= 0.6 is 0 Å². The Balaban J connectivity index is 1.48. The highest BCUT2D eigenvalue weighted by atomic mass is 19.1. The molecule has 0 atom stereocenters. The van der Waals surface area contributed by atoms with Crippen LogP contribution in [-0.4, -0.2) is 46.1 Å². The van der Waals surface area contributed by atoms with Gasteiger partial charge < -0.3 is 15.1 Å². The van der Waals surface area contributed by atoms with Gasteiger partial charge in [0.25, 0.3) is 0 Å². The fraction of sp³-hybridized carbons (Fsp3) is 0.263. The number of piperazine rings is 1. The normalized spacial score (nSPS) is 14.2. The van der Waals surface area contributed by atoms with Gasteiger partial charge >= 0.3 is 0 Å². The number of halogens is 2. The van der Waals surface area contributed by atoms with Crippen LogP contribution in [0.3, 0.4) is 0 Å². The van der Waals surface area contributed by atoms with Crippen molar-refractivity contribution in [2.24, 2.45) is 0 Å². The summed E-state index contributed by atoms with van der Waals surface area (Å²) in [6.45, 7) is 4.81. The maximum Gasteiger partial charge on any atom is 0.225 e. The summed E-state index contributed by atoms with van der Waals surface area (Å²) in [7, 11) is 0. The van der Waals surface area contributed by atoms with Crippen LogP contribution in [0.15, 0.2) is 42.7 Å². The molecule has 0 aliphatic carbocycles. The van der Waals surface area contributed by atoms with Gasteiger partial charge in [0.1, 0.15) is 29.1 Å². The molecule has 0 amide bonds. The van der Waals surface area contributed by atoms with E-state index in [-0.39, 0.29) is 5.69 Å². The zero-order valence-electron chi connectivity index (χ0n) is 15.3. The van der Waals surface area contributed by atoms with Crippen LogP contribution in [0, 0.1) is 18.6 Å². The number of hydrogen-bond acceptors (Lipinski definition) is 7. The summed E-state index contributed by atoms with van der Waals surface area (Å²) < 4.78 is 27.0. The highest BCUT2D eigenvalue weighted by molar-refractivity contribution is 5.60. The van der Waals surface area contributed by atoms with Crippen molar-refractivity contribution in [3.63, 3.8) is 0 Å². The van der Waals surface area contributed by atoms with E-state index in [1.807, 2.05) is 0 Å². The molecule has 1 saturated heterocycles. The zero-order valence-corrected chi connectivity index (χ0v) is 15.3. The lowest BCUT2D eigenvalue weighted by molar-refractivity contribution is 0.586. The summed E-state index contributed by atoms with van der Waals surface area (Å²) in [4.78, 5) is 21.7. The Morgan fingerprint density at radius 2 is 1.64 bits per heavy atom. The van der Waals surface area contributed by atoms with Gasteiger partial charge in [-0.15, -0.1) is 0 Å². The molecule has 1 fully saturated rings. The Bertz CT molecular complexity index is 960. The molecule has 1 aromatic carbocycles. The number of benzene rings is 1. The maximum absolute atomic E-state index is 13.9. The molecule has 0 radical (unpaired) electrons. The van der Waals surface area contributed by atoms with Crippen LogP contribution in [0.1, 0.15) is 5.82 Å². The van der Waals surface area contributed by atoms with Gasteiger partial charge in [-0.2, -0.15) is 0 Å². The molecule has 2 aromatic heterocycles. The molecule has 28 heavy (non-hydrogen) atoms. The topological polar surface area (TPSA) is 70.1 Å². The molecule has 9 heteroatoms. The number of aryl methyl sites for hydroxylation is 1. The van der Waals surface area contributed by atoms with Crippen molar-refractivity contribution in [2.75, 3.05) is 41.3 Å². The molecule has 3 heterocycles. The van der Waals surface area contributed by atoms with E-state index in [4.69, 9.17) is 0 Å². The highest BCUT2D eigenvalue weighted by Gasteiger charge is 2.20. The summed E-state index contributed by atoms with van der Waals surface area (Å²) in [5.74, 6) is 1.21. The Morgan fingerprint density at radius 1 is 0.929 bits per heavy atom. The predicted octanol–water partition coefficient (Wildman–Crippen LogP) is 2.92. The molecule has 1 N–H and O–H groups in total. The van der Waals surface area contributed by atoms with E-state index in [1.165, 1.54) is 12.1 Å². The molecule has 0 spiro atoms. The predicted molar refractivity (Wildman–Crippen MR) is 103 cm³/mol. The monoisotopic (exact) mass is 383 g/mol. The highest BCUT2D eigenvalue weighted by Crippen LogP contribution is 2.23. The van der Waals surface area contributed by atoms with Crippen molar-refractivity contribution in [1.82, 2.24) is 19.9 Å². The second-order valence-corrected chi connectivity index (χ2v) is 6.43. The van der Waals surface area contributed by atoms with E-state index in [1.54, 1.807) is 31.5 Å². The van der Waals surface area contributed by atoms with Gasteiger partial charge in [0.2, 0.25) is 5.95 Å². The van der Waals surface area contributed by atoms with E-state index < -0.39 is 11.6 Å². The van der Waals surface area contributed by atoms with Gasteiger partial charge in [0.15, 0.2) is 0 Å². The molecular weight excluding hydrogens is 364 g/mol. The van der Waals surface area contributed by atoms with Gasteiger partial charge in [-0.05, 0) is 25.1 Å². The largest absolute Gasteiger partial charge is 0.353 e. The van der Waals surface area contributed by atoms with Crippen molar-refractivity contribution in [3.8, 4) is 0 Å². The van der Waals surface area contributed by atoms with Crippen molar-refractivity contribution >= 4 is 23.3 Å². The molecule has 3 aromatic rings.